The number of carboxylic acids is 1. The van der Waals surface area contributed by atoms with Gasteiger partial charge in [0, 0.05) is 14.1 Å². The molecule has 1 aromatic rings. The predicted molar refractivity (Wildman–Crippen MR) is 63.3 cm³/mol. The van der Waals surface area contributed by atoms with Crippen molar-refractivity contribution in [2.24, 2.45) is 0 Å². The fourth-order valence-electron chi connectivity index (χ4n) is 1.50. The van der Waals surface area contributed by atoms with E-state index in [1.54, 1.807) is 20.2 Å². The summed E-state index contributed by atoms with van der Waals surface area (Å²) >= 11 is 0. The Morgan fingerprint density at radius 2 is 2.00 bits per heavy atom. The van der Waals surface area contributed by atoms with E-state index in [2.05, 4.69) is 15.5 Å². The Labute approximate surface area is 104 Å². The Balaban J connectivity index is 2.09. The molecule has 2 rings (SSSR count). The van der Waals surface area contributed by atoms with Crippen LogP contribution in [0.15, 0.2) is 12.1 Å². The maximum Gasteiger partial charge on any atom is 0.329 e. The first-order valence-corrected chi connectivity index (χ1v) is 5.51. The van der Waals surface area contributed by atoms with E-state index in [0.717, 1.165) is 0 Å². The van der Waals surface area contributed by atoms with Crippen LogP contribution in [0.3, 0.4) is 0 Å². The molecule has 0 spiro atoms. The molecule has 1 aliphatic rings. The number of carbonyl (C=O) groups excluding carboxylic acids is 1. The summed E-state index contributed by atoms with van der Waals surface area (Å²) in [6.07, 6.45) is 1.14. The van der Waals surface area contributed by atoms with E-state index in [-0.39, 0.29) is 11.6 Å². The van der Waals surface area contributed by atoms with Crippen LogP contribution < -0.4 is 5.32 Å². The van der Waals surface area contributed by atoms with Crippen molar-refractivity contribution in [1.82, 2.24) is 15.1 Å². The first kappa shape index (κ1) is 12.3. The molecule has 1 aliphatic carbocycles. The monoisotopic (exact) mass is 250 g/mol. The second kappa shape index (κ2) is 4.25. The smallest absolute Gasteiger partial charge is 0.329 e. The Morgan fingerprint density at radius 3 is 2.39 bits per heavy atom. The van der Waals surface area contributed by atoms with Crippen LogP contribution in [0.4, 0.5) is 5.82 Å². The first-order chi connectivity index (χ1) is 8.44. The maximum absolute atomic E-state index is 11.6. The third-order valence-corrected chi connectivity index (χ3v) is 2.82. The summed E-state index contributed by atoms with van der Waals surface area (Å²) in [5.74, 6) is -0.767. The van der Waals surface area contributed by atoms with E-state index in [9.17, 15) is 9.59 Å². The highest BCUT2D eigenvalue weighted by atomic mass is 16.4. The number of anilines is 1. The molecule has 0 atom stereocenters. The number of hydrogen-bond donors (Lipinski definition) is 2. The zero-order chi connectivity index (χ0) is 13.3. The van der Waals surface area contributed by atoms with E-state index < -0.39 is 11.5 Å². The highest BCUT2D eigenvalue weighted by molar-refractivity contribution is 5.92. The summed E-state index contributed by atoms with van der Waals surface area (Å²) in [5, 5.41) is 19.4. The van der Waals surface area contributed by atoms with Gasteiger partial charge in [0.25, 0.3) is 5.91 Å². The molecule has 7 nitrogen and oxygen atoms in total. The number of nitrogens with one attached hydrogen (secondary N) is 1. The van der Waals surface area contributed by atoms with Gasteiger partial charge in [-0.1, -0.05) is 0 Å². The van der Waals surface area contributed by atoms with Gasteiger partial charge < -0.3 is 15.3 Å². The van der Waals surface area contributed by atoms with Gasteiger partial charge in [0.2, 0.25) is 0 Å². The predicted octanol–water partition coefficient (Wildman–Crippen LogP) is 0.207. The molecule has 2 N–H and O–H groups in total. The van der Waals surface area contributed by atoms with E-state index in [0.29, 0.717) is 18.7 Å². The van der Waals surface area contributed by atoms with Crippen molar-refractivity contribution in [2.75, 3.05) is 19.4 Å². The number of rotatable bonds is 4. The lowest BCUT2D eigenvalue weighted by molar-refractivity contribution is -0.138. The van der Waals surface area contributed by atoms with Gasteiger partial charge in [-0.25, -0.2) is 4.79 Å². The lowest BCUT2D eigenvalue weighted by Crippen LogP contribution is -2.32. The largest absolute Gasteiger partial charge is 0.480 e. The molecule has 1 amide bonds. The summed E-state index contributed by atoms with van der Waals surface area (Å²) in [5.41, 5.74) is -0.674. The molecule has 1 fully saturated rings. The summed E-state index contributed by atoms with van der Waals surface area (Å²) < 4.78 is 0. The van der Waals surface area contributed by atoms with E-state index in [1.807, 2.05) is 0 Å². The van der Waals surface area contributed by atoms with Gasteiger partial charge >= 0.3 is 5.97 Å². The van der Waals surface area contributed by atoms with Crippen LogP contribution in [0.1, 0.15) is 23.3 Å². The summed E-state index contributed by atoms with van der Waals surface area (Å²) in [6, 6.07) is 3.09. The van der Waals surface area contributed by atoms with Crippen LogP contribution >= 0.6 is 0 Å². The molecule has 0 unspecified atom stereocenters. The normalized spacial score (nSPS) is 15.9. The Hall–Kier alpha value is -2.18. The molecule has 0 aromatic carbocycles. The number of nitrogens with zero attached hydrogens (tertiary/aromatic N) is 3. The molecular weight excluding hydrogens is 236 g/mol. The number of aliphatic carboxylic acids is 1. The van der Waals surface area contributed by atoms with Crippen molar-refractivity contribution in [1.29, 1.82) is 0 Å². The molecule has 1 heterocycles. The quantitative estimate of drug-likeness (QED) is 0.793. The minimum atomic E-state index is -0.901. The second-order valence-electron chi connectivity index (χ2n) is 4.52. The highest BCUT2D eigenvalue weighted by Crippen LogP contribution is 2.38. The molecule has 0 aliphatic heterocycles. The SMILES string of the molecule is CN(C)C(=O)c1ccc(NC2(C(=O)O)CC2)nn1. The number of carboxylic acid groups (broad SMARTS) is 1. The third kappa shape index (κ3) is 2.24. The third-order valence-electron chi connectivity index (χ3n) is 2.82. The van der Waals surface area contributed by atoms with Crippen LogP contribution in [-0.2, 0) is 4.79 Å². The molecule has 96 valence electrons. The summed E-state index contributed by atoms with van der Waals surface area (Å²) in [7, 11) is 3.25. The Kier molecular flexibility index (Phi) is 2.90. The standard InChI is InChI=1S/C11H14N4O3/c1-15(2)9(16)7-3-4-8(14-13-7)12-11(5-6-11)10(17)18/h3-4H,5-6H2,1-2H3,(H,12,14)(H,17,18). The fraction of sp³-hybridized carbons (Fsp3) is 0.455. The number of aromatic nitrogens is 2. The zero-order valence-corrected chi connectivity index (χ0v) is 10.2. The van der Waals surface area contributed by atoms with Gasteiger partial charge in [-0.05, 0) is 25.0 Å². The second-order valence-corrected chi connectivity index (χ2v) is 4.52. The van der Waals surface area contributed by atoms with Gasteiger partial charge in [-0.3, -0.25) is 4.79 Å². The lowest BCUT2D eigenvalue weighted by Gasteiger charge is -2.13. The fourth-order valence-corrected chi connectivity index (χ4v) is 1.50. The Bertz CT molecular complexity index is 480. The summed E-state index contributed by atoms with van der Waals surface area (Å²) in [4.78, 5) is 24.0. The maximum atomic E-state index is 11.6. The highest BCUT2D eigenvalue weighted by Gasteiger charge is 2.50. The number of amides is 1. The zero-order valence-electron chi connectivity index (χ0n) is 10.2. The van der Waals surface area contributed by atoms with Crippen molar-refractivity contribution >= 4 is 17.7 Å². The van der Waals surface area contributed by atoms with Crippen LogP contribution in [0.5, 0.6) is 0 Å². The number of hydrogen-bond acceptors (Lipinski definition) is 5. The number of carbonyl (C=O) groups is 2. The van der Waals surface area contributed by atoms with Crippen molar-refractivity contribution in [3.63, 3.8) is 0 Å². The summed E-state index contributed by atoms with van der Waals surface area (Å²) in [6.45, 7) is 0. The van der Waals surface area contributed by atoms with Crippen LogP contribution in [0.2, 0.25) is 0 Å². The minimum absolute atomic E-state index is 0.228. The van der Waals surface area contributed by atoms with Gasteiger partial charge in [0.1, 0.15) is 11.4 Å². The van der Waals surface area contributed by atoms with Gasteiger partial charge in [-0.2, -0.15) is 0 Å². The van der Waals surface area contributed by atoms with Crippen molar-refractivity contribution < 1.29 is 14.7 Å². The molecule has 1 saturated carbocycles. The molecule has 1 aromatic heterocycles. The van der Waals surface area contributed by atoms with Gasteiger partial charge in [0.15, 0.2) is 5.69 Å². The van der Waals surface area contributed by atoms with E-state index in [1.165, 1.54) is 11.0 Å². The molecule has 18 heavy (non-hydrogen) atoms. The Morgan fingerprint density at radius 1 is 1.33 bits per heavy atom. The van der Waals surface area contributed by atoms with Crippen LogP contribution in [-0.4, -0.2) is 51.7 Å². The first-order valence-electron chi connectivity index (χ1n) is 5.51. The van der Waals surface area contributed by atoms with E-state index in [4.69, 9.17) is 5.11 Å². The molecule has 0 bridgehead atoms. The van der Waals surface area contributed by atoms with E-state index >= 15 is 0 Å². The van der Waals surface area contributed by atoms with Crippen molar-refractivity contribution in [2.45, 2.75) is 18.4 Å². The van der Waals surface area contributed by atoms with Crippen molar-refractivity contribution in [3.05, 3.63) is 17.8 Å². The van der Waals surface area contributed by atoms with Gasteiger partial charge in [0.05, 0.1) is 0 Å². The minimum Gasteiger partial charge on any atom is -0.480 e. The average Bonchev–Trinajstić information content (AvgIpc) is 3.10. The molecule has 0 radical (unpaired) electrons. The molecular formula is C11H14N4O3. The molecule has 0 saturated heterocycles. The van der Waals surface area contributed by atoms with Gasteiger partial charge in [-0.15, -0.1) is 10.2 Å². The topological polar surface area (TPSA) is 95.4 Å². The van der Waals surface area contributed by atoms with Crippen molar-refractivity contribution in [3.8, 4) is 0 Å². The van der Waals surface area contributed by atoms with Crippen LogP contribution in [0, 0.1) is 0 Å². The van der Waals surface area contributed by atoms with Crippen LogP contribution in [0.25, 0.3) is 0 Å². The molecule has 7 heteroatoms. The lowest BCUT2D eigenvalue weighted by atomic mass is 10.2. The average molecular weight is 250 g/mol.